The average molecular weight is 367 g/mol. The fourth-order valence-corrected chi connectivity index (χ4v) is 4.78. The molecule has 0 aromatic carbocycles. The van der Waals surface area contributed by atoms with E-state index in [0.29, 0.717) is 13.0 Å². The predicted molar refractivity (Wildman–Crippen MR) is 104 cm³/mol. The number of nitrogens with zero attached hydrogens (tertiary/aromatic N) is 5. The van der Waals surface area contributed by atoms with Crippen LogP contribution in [0.2, 0.25) is 0 Å². The molecule has 2 saturated heterocycles. The summed E-state index contributed by atoms with van der Waals surface area (Å²) in [5, 5.41) is 4.48. The lowest BCUT2D eigenvalue weighted by atomic mass is 9.73. The highest BCUT2D eigenvalue weighted by atomic mass is 16.2. The van der Waals surface area contributed by atoms with Gasteiger partial charge in [-0.15, -0.1) is 0 Å². The number of likely N-dealkylation sites (tertiary alicyclic amines) is 2. The van der Waals surface area contributed by atoms with Crippen molar-refractivity contribution in [1.29, 1.82) is 0 Å². The van der Waals surface area contributed by atoms with Gasteiger partial charge in [-0.2, -0.15) is 5.10 Å². The van der Waals surface area contributed by atoms with Crippen LogP contribution in [0, 0.1) is 12.3 Å². The van der Waals surface area contributed by atoms with Crippen molar-refractivity contribution in [3.8, 4) is 0 Å². The Morgan fingerprint density at radius 3 is 2.85 bits per heavy atom. The maximum absolute atomic E-state index is 12.5. The van der Waals surface area contributed by atoms with Gasteiger partial charge < -0.3 is 4.90 Å². The van der Waals surface area contributed by atoms with Crippen LogP contribution in [-0.4, -0.2) is 50.1 Å². The third-order valence-corrected chi connectivity index (χ3v) is 6.09. The Bertz CT molecular complexity index is 802. The summed E-state index contributed by atoms with van der Waals surface area (Å²) in [6, 6.07) is 4.00. The lowest BCUT2D eigenvalue weighted by molar-refractivity contribution is -0.140. The summed E-state index contributed by atoms with van der Waals surface area (Å²) in [6.07, 6.45) is 9.88. The lowest BCUT2D eigenvalue weighted by Crippen LogP contribution is -2.53. The molecule has 1 spiro atoms. The Hall–Kier alpha value is -2.21. The highest BCUT2D eigenvalue weighted by Crippen LogP contribution is 2.39. The number of pyridine rings is 1. The SMILES string of the molecule is Cc1nn(C)cc1CN1CCC[C@@]2(CCC(=O)N(Cc3cccnc3)C2)C1. The Kier molecular flexibility index (Phi) is 5.00. The second kappa shape index (κ2) is 7.43. The molecule has 2 aliphatic heterocycles. The minimum atomic E-state index is 0.227. The monoisotopic (exact) mass is 367 g/mol. The van der Waals surface area contributed by atoms with Crippen LogP contribution >= 0.6 is 0 Å². The van der Waals surface area contributed by atoms with E-state index < -0.39 is 0 Å². The molecular weight excluding hydrogens is 338 g/mol. The molecule has 2 aliphatic rings. The Morgan fingerprint density at radius 1 is 1.22 bits per heavy atom. The summed E-state index contributed by atoms with van der Waals surface area (Å²) in [5.74, 6) is 0.282. The molecule has 2 aromatic heterocycles. The summed E-state index contributed by atoms with van der Waals surface area (Å²) in [6.45, 7) is 6.78. The van der Waals surface area contributed by atoms with Crippen molar-refractivity contribution < 1.29 is 4.79 Å². The van der Waals surface area contributed by atoms with Crippen LogP contribution in [-0.2, 0) is 24.9 Å². The maximum Gasteiger partial charge on any atom is 0.222 e. The molecule has 1 atom stereocenters. The first-order chi connectivity index (χ1) is 13.0. The molecule has 1 amide bonds. The lowest BCUT2D eigenvalue weighted by Gasteiger charge is -2.48. The molecule has 27 heavy (non-hydrogen) atoms. The van der Waals surface area contributed by atoms with Gasteiger partial charge in [-0.3, -0.25) is 19.4 Å². The molecule has 6 heteroatoms. The largest absolute Gasteiger partial charge is 0.338 e. The van der Waals surface area contributed by atoms with Gasteiger partial charge in [0.05, 0.1) is 5.69 Å². The predicted octanol–water partition coefficient (Wildman–Crippen LogP) is 2.53. The number of aromatic nitrogens is 3. The fourth-order valence-electron chi connectivity index (χ4n) is 4.78. The number of piperidine rings is 2. The van der Waals surface area contributed by atoms with E-state index in [9.17, 15) is 4.79 Å². The number of amides is 1. The number of aryl methyl sites for hydroxylation is 2. The van der Waals surface area contributed by atoms with Crippen LogP contribution in [0.15, 0.2) is 30.7 Å². The van der Waals surface area contributed by atoms with Gasteiger partial charge in [0, 0.05) is 69.2 Å². The molecule has 0 bridgehead atoms. The van der Waals surface area contributed by atoms with E-state index in [1.807, 2.05) is 24.0 Å². The number of hydrogen-bond donors (Lipinski definition) is 0. The van der Waals surface area contributed by atoms with E-state index >= 15 is 0 Å². The zero-order chi connectivity index (χ0) is 18.9. The zero-order valence-corrected chi connectivity index (χ0v) is 16.4. The van der Waals surface area contributed by atoms with Gasteiger partial charge >= 0.3 is 0 Å². The second-order valence-electron chi connectivity index (χ2n) is 8.34. The van der Waals surface area contributed by atoms with E-state index in [4.69, 9.17) is 0 Å². The van der Waals surface area contributed by atoms with Gasteiger partial charge in [0.15, 0.2) is 0 Å². The summed E-state index contributed by atoms with van der Waals surface area (Å²) in [5.41, 5.74) is 3.77. The van der Waals surface area contributed by atoms with Crippen LogP contribution in [0.25, 0.3) is 0 Å². The normalized spacial score (nSPS) is 23.9. The molecule has 4 rings (SSSR count). The number of carbonyl (C=O) groups is 1. The molecule has 0 radical (unpaired) electrons. The number of hydrogen-bond acceptors (Lipinski definition) is 4. The Balaban J connectivity index is 1.45. The van der Waals surface area contributed by atoms with E-state index in [1.165, 1.54) is 18.4 Å². The molecular formula is C21H29N5O. The van der Waals surface area contributed by atoms with Crippen LogP contribution in [0.5, 0.6) is 0 Å². The quantitative estimate of drug-likeness (QED) is 0.833. The average Bonchev–Trinajstić information content (AvgIpc) is 2.96. The number of carbonyl (C=O) groups excluding carboxylic acids is 1. The third-order valence-electron chi connectivity index (χ3n) is 6.09. The van der Waals surface area contributed by atoms with Crippen molar-refractivity contribution in [2.75, 3.05) is 19.6 Å². The van der Waals surface area contributed by atoms with Crippen molar-refractivity contribution in [3.05, 3.63) is 47.5 Å². The van der Waals surface area contributed by atoms with Gasteiger partial charge in [-0.05, 0) is 44.4 Å². The van der Waals surface area contributed by atoms with E-state index in [2.05, 4.69) is 39.1 Å². The smallest absolute Gasteiger partial charge is 0.222 e. The summed E-state index contributed by atoms with van der Waals surface area (Å²) >= 11 is 0. The molecule has 0 aliphatic carbocycles. The van der Waals surface area contributed by atoms with Gasteiger partial charge in [0.1, 0.15) is 0 Å². The van der Waals surface area contributed by atoms with Crippen molar-refractivity contribution in [2.45, 2.75) is 45.7 Å². The first kappa shape index (κ1) is 18.2. The Labute approximate surface area is 161 Å². The fraction of sp³-hybridized carbons (Fsp3) is 0.571. The van der Waals surface area contributed by atoms with Gasteiger partial charge in [-0.1, -0.05) is 6.07 Å². The minimum absolute atomic E-state index is 0.227. The van der Waals surface area contributed by atoms with Crippen LogP contribution in [0.1, 0.15) is 42.5 Å². The molecule has 0 saturated carbocycles. The molecule has 0 unspecified atom stereocenters. The standard InChI is InChI=1S/C21H29N5O/c1-17-19(13-24(2)23-17)14-25-10-4-7-21(15-25)8-6-20(27)26(16-21)12-18-5-3-9-22-11-18/h3,5,9,11,13H,4,6-8,10,12,14-16H2,1-2H3/t21-/m1/s1. The maximum atomic E-state index is 12.5. The molecule has 6 nitrogen and oxygen atoms in total. The van der Waals surface area contributed by atoms with Crippen molar-refractivity contribution in [1.82, 2.24) is 24.6 Å². The topological polar surface area (TPSA) is 54.3 Å². The first-order valence-corrected chi connectivity index (χ1v) is 9.91. The first-order valence-electron chi connectivity index (χ1n) is 9.91. The highest BCUT2D eigenvalue weighted by molar-refractivity contribution is 5.77. The van der Waals surface area contributed by atoms with E-state index in [-0.39, 0.29) is 11.3 Å². The third kappa shape index (κ3) is 4.05. The molecule has 0 N–H and O–H groups in total. The van der Waals surface area contributed by atoms with Gasteiger partial charge in [-0.25, -0.2) is 0 Å². The summed E-state index contributed by atoms with van der Waals surface area (Å²) in [4.78, 5) is 21.3. The van der Waals surface area contributed by atoms with Crippen LogP contribution in [0.3, 0.4) is 0 Å². The van der Waals surface area contributed by atoms with Crippen molar-refractivity contribution in [3.63, 3.8) is 0 Å². The molecule has 2 aromatic rings. The van der Waals surface area contributed by atoms with E-state index in [0.717, 1.165) is 43.9 Å². The second-order valence-corrected chi connectivity index (χ2v) is 8.34. The minimum Gasteiger partial charge on any atom is -0.338 e. The highest BCUT2D eigenvalue weighted by Gasteiger charge is 2.41. The molecule has 2 fully saturated rings. The summed E-state index contributed by atoms with van der Waals surface area (Å²) < 4.78 is 1.90. The van der Waals surface area contributed by atoms with Gasteiger partial charge in [0.25, 0.3) is 0 Å². The molecule has 144 valence electrons. The Morgan fingerprint density at radius 2 is 2.11 bits per heavy atom. The van der Waals surface area contributed by atoms with E-state index in [1.54, 1.807) is 6.20 Å². The van der Waals surface area contributed by atoms with Crippen LogP contribution < -0.4 is 0 Å². The van der Waals surface area contributed by atoms with Crippen LogP contribution in [0.4, 0.5) is 0 Å². The zero-order valence-electron chi connectivity index (χ0n) is 16.4. The van der Waals surface area contributed by atoms with Crippen molar-refractivity contribution >= 4 is 5.91 Å². The number of rotatable bonds is 4. The van der Waals surface area contributed by atoms with Gasteiger partial charge in [0.2, 0.25) is 5.91 Å². The molecule has 4 heterocycles. The summed E-state index contributed by atoms with van der Waals surface area (Å²) in [7, 11) is 1.98. The van der Waals surface area contributed by atoms with Crippen molar-refractivity contribution in [2.24, 2.45) is 12.5 Å².